The molecule has 0 saturated carbocycles. The second kappa shape index (κ2) is 4.50. The van der Waals surface area contributed by atoms with Crippen LogP contribution in [0.25, 0.3) is 6.08 Å². The Hall–Kier alpha value is -1.95. The van der Waals surface area contributed by atoms with E-state index < -0.39 is 5.56 Å². The number of aromatic amines is 1. The first-order valence-electron chi connectivity index (χ1n) is 5.12. The number of hydrogen-bond acceptors (Lipinski definition) is 4. The summed E-state index contributed by atoms with van der Waals surface area (Å²) in [7, 11) is 0. The van der Waals surface area contributed by atoms with Gasteiger partial charge in [-0.3, -0.25) is 19.3 Å². The Labute approximate surface area is 102 Å². The summed E-state index contributed by atoms with van der Waals surface area (Å²) in [6.07, 6.45) is 6.64. The first-order chi connectivity index (χ1) is 8.13. The van der Waals surface area contributed by atoms with Crippen molar-refractivity contribution in [3.8, 4) is 5.88 Å². The Balaban J connectivity index is 2.66. The fraction of sp³-hybridized carbons (Fsp3) is 0.182. The van der Waals surface area contributed by atoms with Gasteiger partial charge in [0, 0.05) is 12.8 Å². The van der Waals surface area contributed by atoms with Crippen LogP contribution in [0.2, 0.25) is 0 Å². The minimum absolute atomic E-state index is 0.135. The van der Waals surface area contributed by atoms with Gasteiger partial charge in [-0.2, -0.15) is 0 Å². The third kappa shape index (κ3) is 2.12. The smallest absolute Gasteiger partial charge is 0.262 e. The molecule has 2 heterocycles. The van der Waals surface area contributed by atoms with Gasteiger partial charge in [-0.15, -0.1) is 0 Å². The SMILES string of the molecule is CCn1c(O)c(C=C2C=CC=N2)c(=O)[nH]c1=S. The average Bonchev–Trinajstić information content (AvgIpc) is 2.77. The fourth-order valence-corrected chi connectivity index (χ4v) is 1.85. The molecule has 1 aliphatic heterocycles. The highest BCUT2D eigenvalue weighted by Crippen LogP contribution is 2.18. The molecule has 1 aliphatic rings. The Morgan fingerprint density at radius 3 is 3.00 bits per heavy atom. The lowest BCUT2D eigenvalue weighted by Gasteiger charge is -2.08. The molecule has 0 fully saturated rings. The van der Waals surface area contributed by atoms with E-state index in [4.69, 9.17) is 12.2 Å². The van der Waals surface area contributed by atoms with Crippen LogP contribution >= 0.6 is 12.2 Å². The van der Waals surface area contributed by atoms with Gasteiger partial charge in [0.05, 0.1) is 5.70 Å². The van der Waals surface area contributed by atoms with Gasteiger partial charge in [0.25, 0.3) is 5.56 Å². The molecule has 0 amide bonds. The second-order valence-corrected chi connectivity index (χ2v) is 3.83. The maximum Gasteiger partial charge on any atom is 0.262 e. The van der Waals surface area contributed by atoms with Crippen LogP contribution in [-0.2, 0) is 6.54 Å². The number of aromatic nitrogens is 2. The van der Waals surface area contributed by atoms with E-state index in [0.29, 0.717) is 12.2 Å². The van der Waals surface area contributed by atoms with E-state index >= 15 is 0 Å². The second-order valence-electron chi connectivity index (χ2n) is 3.45. The van der Waals surface area contributed by atoms with Gasteiger partial charge >= 0.3 is 0 Å². The van der Waals surface area contributed by atoms with Crippen molar-refractivity contribution in [2.75, 3.05) is 0 Å². The zero-order chi connectivity index (χ0) is 12.4. The van der Waals surface area contributed by atoms with E-state index in [1.165, 1.54) is 10.6 Å². The number of allylic oxidation sites excluding steroid dienone is 2. The molecule has 0 aliphatic carbocycles. The molecule has 2 N–H and O–H groups in total. The van der Waals surface area contributed by atoms with Gasteiger partial charge in [0.1, 0.15) is 5.56 Å². The maximum atomic E-state index is 11.7. The molecule has 0 saturated heterocycles. The van der Waals surface area contributed by atoms with Crippen molar-refractivity contribution in [1.29, 1.82) is 0 Å². The number of rotatable bonds is 2. The maximum absolute atomic E-state index is 11.7. The van der Waals surface area contributed by atoms with Gasteiger partial charge < -0.3 is 5.11 Å². The van der Waals surface area contributed by atoms with E-state index in [2.05, 4.69) is 9.98 Å². The van der Waals surface area contributed by atoms with Crippen LogP contribution in [-0.4, -0.2) is 20.9 Å². The molecular formula is C11H11N3O2S. The van der Waals surface area contributed by atoms with E-state index in [1.807, 2.05) is 6.92 Å². The van der Waals surface area contributed by atoms with Crippen LogP contribution in [0, 0.1) is 4.77 Å². The highest BCUT2D eigenvalue weighted by molar-refractivity contribution is 7.71. The highest BCUT2D eigenvalue weighted by atomic mass is 32.1. The number of aromatic hydroxyl groups is 1. The molecule has 0 atom stereocenters. The molecule has 0 spiro atoms. The van der Waals surface area contributed by atoms with E-state index in [1.54, 1.807) is 18.4 Å². The lowest BCUT2D eigenvalue weighted by atomic mass is 10.2. The van der Waals surface area contributed by atoms with Crippen molar-refractivity contribution in [2.24, 2.45) is 4.99 Å². The molecule has 1 aromatic heterocycles. The predicted molar refractivity (Wildman–Crippen MR) is 68.8 cm³/mol. The highest BCUT2D eigenvalue weighted by Gasteiger charge is 2.10. The van der Waals surface area contributed by atoms with Crippen LogP contribution in [0.4, 0.5) is 0 Å². The van der Waals surface area contributed by atoms with Crippen LogP contribution in [0.3, 0.4) is 0 Å². The summed E-state index contributed by atoms with van der Waals surface area (Å²) in [4.78, 5) is 18.2. The van der Waals surface area contributed by atoms with Crippen molar-refractivity contribution >= 4 is 24.5 Å². The van der Waals surface area contributed by atoms with Crippen LogP contribution in [0.5, 0.6) is 5.88 Å². The summed E-state index contributed by atoms with van der Waals surface area (Å²) >= 11 is 4.95. The molecule has 0 bridgehead atoms. The Bertz CT molecular complexity index is 636. The molecular weight excluding hydrogens is 238 g/mol. The summed E-state index contributed by atoms with van der Waals surface area (Å²) in [5.41, 5.74) is 0.366. The summed E-state index contributed by atoms with van der Waals surface area (Å²) < 4.78 is 1.66. The third-order valence-corrected chi connectivity index (χ3v) is 2.71. The Morgan fingerprint density at radius 1 is 1.65 bits per heavy atom. The minimum Gasteiger partial charge on any atom is -0.494 e. The van der Waals surface area contributed by atoms with Gasteiger partial charge in [-0.1, -0.05) is 0 Å². The molecule has 2 rings (SSSR count). The fourth-order valence-electron chi connectivity index (χ4n) is 1.55. The van der Waals surface area contributed by atoms with Crippen molar-refractivity contribution in [3.63, 3.8) is 0 Å². The lowest BCUT2D eigenvalue weighted by Crippen LogP contribution is -2.16. The molecule has 6 heteroatoms. The van der Waals surface area contributed by atoms with Crippen LogP contribution < -0.4 is 5.56 Å². The molecule has 0 unspecified atom stereocenters. The first-order valence-corrected chi connectivity index (χ1v) is 5.53. The van der Waals surface area contributed by atoms with E-state index in [0.717, 1.165) is 0 Å². The number of H-pyrrole nitrogens is 1. The number of hydrogen-bond donors (Lipinski definition) is 2. The number of nitrogens with one attached hydrogen (secondary N) is 1. The summed E-state index contributed by atoms with van der Waals surface area (Å²) in [6.45, 7) is 2.31. The van der Waals surface area contributed by atoms with Crippen molar-refractivity contribution in [2.45, 2.75) is 13.5 Å². The quantitative estimate of drug-likeness (QED) is 0.782. The van der Waals surface area contributed by atoms with Gasteiger partial charge in [0.2, 0.25) is 5.88 Å². The number of nitrogens with zero attached hydrogens (tertiary/aromatic N) is 2. The molecule has 88 valence electrons. The van der Waals surface area contributed by atoms with Crippen molar-refractivity contribution < 1.29 is 5.11 Å². The zero-order valence-corrected chi connectivity index (χ0v) is 9.99. The van der Waals surface area contributed by atoms with Gasteiger partial charge in [-0.25, -0.2) is 0 Å². The average molecular weight is 249 g/mol. The topological polar surface area (TPSA) is 70.4 Å². The van der Waals surface area contributed by atoms with E-state index in [9.17, 15) is 9.90 Å². The summed E-state index contributed by atoms with van der Waals surface area (Å²) in [5, 5.41) is 9.97. The third-order valence-electron chi connectivity index (χ3n) is 2.39. The Morgan fingerprint density at radius 2 is 2.41 bits per heavy atom. The largest absolute Gasteiger partial charge is 0.494 e. The molecule has 5 nitrogen and oxygen atoms in total. The zero-order valence-electron chi connectivity index (χ0n) is 9.17. The molecule has 1 aromatic rings. The first kappa shape index (κ1) is 11.5. The molecule has 0 aromatic carbocycles. The van der Waals surface area contributed by atoms with Crippen molar-refractivity contribution in [1.82, 2.24) is 9.55 Å². The standard InChI is InChI=1S/C11H11N3O2S/c1-2-14-10(16)8(9(15)13-11(14)17)6-7-4-3-5-12-7/h3-6,16H,2H2,1H3,(H,13,15,17). The van der Waals surface area contributed by atoms with Gasteiger partial charge in [0.15, 0.2) is 4.77 Å². The van der Waals surface area contributed by atoms with E-state index in [-0.39, 0.29) is 16.2 Å². The predicted octanol–water partition coefficient (Wildman–Crippen LogP) is 1.61. The molecule has 17 heavy (non-hydrogen) atoms. The van der Waals surface area contributed by atoms with Crippen LogP contribution in [0.15, 0.2) is 27.6 Å². The normalized spacial score (nSPS) is 15.9. The monoisotopic (exact) mass is 249 g/mol. The number of aliphatic imine (C=N–C) groups is 1. The minimum atomic E-state index is -0.416. The van der Waals surface area contributed by atoms with Crippen molar-refractivity contribution in [3.05, 3.63) is 38.5 Å². The van der Waals surface area contributed by atoms with Gasteiger partial charge in [-0.05, 0) is 37.4 Å². The molecule has 0 radical (unpaired) electrons. The Kier molecular flexibility index (Phi) is 3.06. The summed E-state index contributed by atoms with van der Waals surface area (Å²) in [5.74, 6) is -0.135. The summed E-state index contributed by atoms with van der Waals surface area (Å²) in [6, 6.07) is 0. The van der Waals surface area contributed by atoms with Crippen LogP contribution in [0.1, 0.15) is 12.5 Å². The lowest BCUT2D eigenvalue weighted by molar-refractivity contribution is 0.408.